The van der Waals surface area contributed by atoms with E-state index in [-0.39, 0.29) is 12.0 Å². The summed E-state index contributed by atoms with van der Waals surface area (Å²) in [5.41, 5.74) is 0.859. The third-order valence-corrected chi connectivity index (χ3v) is 5.05. The van der Waals surface area contributed by atoms with Crippen LogP contribution in [0.1, 0.15) is 34.9 Å². The summed E-state index contributed by atoms with van der Waals surface area (Å²) < 4.78 is 5.64. The Hall–Kier alpha value is -1.13. The Bertz CT molecular complexity index is 561. The molecule has 2 aromatic heterocycles. The maximum absolute atomic E-state index is 9.61. The number of furan rings is 1. The van der Waals surface area contributed by atoms with Crippen molar-refractivity contribution >= 4 is 11.3 Å². The summed E-state index contributed by atoms with van der Waals surface area (Å²) in [6.45, 7) is 4.21. The molecule has 0 atom stereocenters. The molecule has 4 heteroatoms. The molecule has 0 bridgehead atoms. The van der Waals surface area contributed by atoms with Crippen LogP contribution >= 0.6 is 11.3 Å². The van der Waals surface area contributed by atoms with E-state index in [1.807, 2.05) is 19.1 Å². The van der Waals surface area contributed by atoms with Crippen molar-refractivity contribution in [2.24, 2.45) is 0 Å². The van der Waals surface area contributed by atoms with Crippen molar-refractivity contribution in [2.75, 3.05) is 6.61 Å². The quantitative estimate of drug-likeness (QED) is 0.922. The number of rotatable bonds is 3. The third kappa shape index (κ3) is 1.71. The Morgan fingerprint density at radius 3 is 2.67 bits per heavy atom. The van der Waals surface area contributed by atoms with Gasteiger partial charge in [0.1, 0.15) is 16.5 Å². The van der Waals surface area contributed by atoms with Crippen molar-refractivity contribution < 1.29 is 9.52 Å². The molecule has 1 N–H and O–H groups in total. The van der Waals surface area contributed by atoms with Gasteiger partial charge in [0, 0.05) is 10.3 Å². The lowest BCUT2D eigenvalue weighted by molar-refractivity contribution is 0.120. The summed E-state index contributed by atoms with van der Waals surface area (Å²) in [7, 11) is 0. The summed E-state index contributed by atoms with van der Waals surface area (Å²) in [4.78, 5) is 5.89. The zero-order valence-corrected chi connectivity index (χ0v) is 11.5. The molecule has 3 nitrogen and oxygen atoms in total. The zero-order chi connectivity index (χ0) is 12.8. The minimum absolute atomic E-state index is 0.0741. The predicted molar refractivity (Wildman–Crippen MR) is 71.9 cm³/mol. The van der Waals surface area contributed by atoms with Crippen molar-refractivity contribution in [3.8, 4) is 11.5 Å². The molecule has 2 aromatic rings. The largest absolute Gasteiger partial charge is 0.460 e. The second-order valence-corrected chi connectivity index (χ2v) is 6.33. The van der Waals surface area contributed by atoms with Crippen LogP contribution in [0.4, 0.5) is 0 Å². The number of hydrogen-bond donors (Lipinski definition) is 1. The minimum atomic E-state index is -0.0741. The fraction of sp³-hybridized carbons (Fsp3) is 0.500. The van der Waals surface area contributed by atoms with Crippen LogP contribution in [-0.4, -0.2) is 16.7 Å². The van der Waals surface area contributed by atoms with Crippen molar-refractivity contribution in [1.29, 1.82) is 0 Å². The van der Waals surface area contributed by atoms with Crippen LogP contribution in [0.15, 0.2) is 16.5 Å². The molecule has 3 rings (SSSR count). The van der Waals surface area contributed by atoms with Gasteiger partial charge in [-0.2, -0.15) is 0 Å². The first-order chi connectivity index (χ1) is 8.64. The van der Waals surface area contributed by atoms with Crippen molar-refractivity contribution in [1.82, 2.24) is 4.98 Å². The fourth-order valence-electron chi connectivity index (χ4n) is 2.46. The van der Waals surface area contributed by atoms with E-state index in [1.54, 1.807) is 11.3 Å². The predicted octanol–water partition coefficient (Wildman–Crippen LogP) is 3.43. The van der Waals surface area contributed by atoms with E-state index >= 15 is 0 Å². The molecule has 1 fully saturated rings. The second kappa shape index (κ2) is 4.21. The highest BCUT2D eigenvalue weighted by molar-refractivity contribution is 7.12. The van der Waals surface area contributed by atoms with Gasteiger partial charge in [0.05, 0.1) is 6.61 Å². The standard InChI is InChI=1S/C14H17NO2S/c1-9-4-5-11(17-9)12-10(2)18-13(15-12)14(8-16)6-3-7-14/h4-5,16H,3,6-8H2,1-2H3. The SMILES string of the molecule is Cc1ccc(-c2nc(C3(CO)CCC3)sc2C)o1. The van der Waals surface area contributed by atoms with Crippen LogP contribution in [0.3, 0.4) is 0 Å². The maximum atomic E-state index is 9.61. The van der Waals surface area contributed by atoms with Crippen LogP contribution < -0.4 is 0 Å². The molecule has 18 heavy (non-hydrogen) atoms. The Morgan fingerprint density at radius 1 is 1.39 bits per heavy atom. The van der Waals surface area contributed by atoms with E-state index in [9.17, 15) is 5.11 Å². The number of aryl methyl sites for hydroxylation is 2. The molecule has 0 unspecified atom stereocenters. The van der Waals surface area contributed by atoms with E-state index in [4.69, 9.17) is 9.40 Å². The van der Waals surface area contributed by atoms with E-state index in [2.05, 4.69) is 6.92 Å². The Kier molecular flexibility index (Phi) is 2.79. The molecule has 1 aliphatic rings. The fourth-order valence-corrected chi connectivity index (χ4v) is 3.61. The second-order valence-electron chi connectivity index (χ2n) is 5.13. The van der Waals surface area contributed by atoms with E-state index in [0.29, 0.717) is 0 Å². The Balaban J connectivity index is 2.01. The Labute approximate surface area is 110 Å². The van der Waals surface area contributed by atoms with Gasteiger partial charge in [-0.1, -0.05) is 6.42 Å². The van der Waals surface area contributed by atoms with E-state index < -0.39 is 0 Å². The van der Waals surface area contributed by atoms with Gasteiger partial charge in [0.15, 0.2) is 5.76 Å². The lowest BCUT2D eigenvalue weighted by atomic mass is 9.70. The normalized spacial score (nSPS) is 17.7. The van der Waals surface area contributed by atoms with Gasteiger partial charge in [-0.15, -0.1) is 11.3 Å². The molecule has 0 saturated heterocycles. The number of nitrogens with zero attached hydrogens (tertiary/aromatic N) is 1. The molecular formula is C14H17NO2S. The number of thiazole rings is 1. The highest BCUT2D eigenvalue weighted by Crippen LogP contribution is 2.46. The Morgan fingerprint density at radius 2 is 2.17 bits per heavy atom. The third-order valence-electron chi connectivity index (χ3n) is 3.84. The number of aromatic nitrogens is 1. The highest BCUT2D eigenvalue weighted by atomic mass is 32.1. The number of aliphatic hydroxyl groups is 1. The highest BCUT2D eigenvalue weighted by Gasteiger charge is 2.41. The maximum Gasteiger partial charge on any atom is 0.153 e. The van der Waals surface area contributed by atoms with Gasteiger partial charge in [-0.05, 0) is 38.8 Å². The molecule has 1 saturated carbocycles. The topological polar surface area (TPSA) is 46.3 Å². The molecular weight excluding hydrogens is 246 g/mol. The zero-order valence-electron chi connectivity index (χ0n) is 10.7. The molecule has 2 heterocycles. The molecule has 0 radical (unpaired) electrons. The van der Waals surface area contributed by atoms with Crippen molar-refractivity contribution in [3.05, 3.63) is 27.8 Å². The van der Waals surface area contributed by atoms with E-state index in [1.165, 1.54) is 11.3 Å². The van der Waals surface area contributed by atoms with Crippen LogP contribution in [-0.2, 0) is 5.41 Å². The van der Waals surface area contributed by atoms with Crippen molar-refractivity contribution in [2.45, 2.75) is 38.5 Å². The number of hydrogen-bond acceptors (Lipinski definition) is 4. The van der Waals surface area contributed by atoms with Gasteiger partial charge in [0.2, 0.25) is 0 Å². The summed E-state index contributed by atoms with van der Waals surface area (Å²) in [5.74, 6) is 1.74. The first-order valence-corrected chi connectivity index (χ1v) is 7.12. The molecule has 0 aromatic carbocycles. The molecule has 0 aliphatic heterocycles. The summed E-state index contributed by atoms with van der Waals surface area (Å²) >= 11 is 1.69. The van der Waals surface area contributed by atoms with E-state index in [0.717, 1.165) is 35.1 Å². The van der Waals surface area contributed by atoms with Crippen LogP contribution in [0, 0.1) is 13.8 Å². The van der Waals surface area contributed by atoms with Gasteiger partial charge in [0.25, 0.3) is 0 Å². The molecule has 96 valence electrons. The number of aliphatic hydroxyl groups excluding tert-OH is 1. The average Bonchev–Trinajstić information content (AvgIpc) is 2.85. The smallest absolute Gasteiger partial charge is 0.153 e. The first kappa shape index (κ1) is 11.9. The van der Waals surface area contributed by atoms with Crippen molar-refractivity contribution in [3.63, 3.8) is 0 Å². The lowest BCUT2D eigenvalue weighted by Gasteiger charge is -2.38. The molecule has 0 amide bonds. The first-order valence-electron chi connectivity index (χ1n) is 6.30. The summed E-state index contributed by atoms with van der Waals surface area (Å²) in [6.07, 6.45) is 3.29. The van der Waals surface area contributed by atoms with Crippen LogP contribution in [0.25, 0.3) is 11.5 Å². The van der Waals surface area contributed by atoms with Crippen LogP contribution in [0.2, 0.25) is 0 Å². The molecule has 1 aliphatic carbocycles. The van der Waals surface area contributed by atoms with Gasteiger partial charge < -0.3 is 9.52 Å². The minimum Gasteiger partial charge on any atom is -0.460 e. The van der Waals surface area contributed by atoms with Crippen LogP contribution in [0.5, 0.6) is 0 Å². The van der Waals surface area contributed by atoms with Gasteiger partial charge in [-0.25, -0.2) is 4.98 Å². The summed E-state index contributed by atoms with van der Waals surface area (Å²) in [6, 6.07) is 3.92. The van der Waals surface area contributed by atoms with Gasteiger partial charge in [-0.3, -0.25) is 0 Å². The monoisotopic (exact) mass is 263 g/mol. The average molecular weight is 263 g/mol. The lowest BCUT2D eigenvalue weighted by Crippen LogP contribution is -2.37. The molecule has 0 spiro atoms. The summed E-state index contributed by atoms with van der Waals surface area (Å²) in [5, 5.41) is 10.7. The van der Waals surface area contributed by atoms with Gasteiger partial charge >= 0.3 is 0 Å².